The smallest absolute Gasteiger partial charge is 0.307 e. The van der Waals surface area contributed by atoms with Crippen LogP contribution in [0.5, 0.6) is 11.5 Å². The third-order valence-electron chi connectivity index (χ3n) is 4.56. The van der Waals surface area contributed by atoms with Gasteiger partial charge in [-0.25, -0.2) is 5.43 Å². The van der Waals surface area contributed by atoms with E-state index < -0.39 is 5.91 Å². The van der Waals surface area contributed by atoms with Crippen molar-refractivity contribution in [2.75, 3.05) is 7.11 Å². The van der Waals surface area contributed by atoms with Gasteiger partial charge in [-0.1, -0.05) is 46.3 Å². The van der Waals surface area contributed by atoms with Crippen LogP contribution in [0.3, 0.4) is 0 Å². The molecule has 8 heteroatoms. The Hall–Kier alpha value is -2.85. The van der Waals surface area contributed by atoms with Crippen LogP contribution < -0.4 is 14.9 Å². The zero-order chi connectivity index (χ0) is 22.5. The zero-order valence-corrected chi connectivity index (χ0v) is 20.7. The second kappa shape index (κ2) is 10.2. The minimum absolute atomic E-state index is 0.187. The Kier molecular flexibility index (Phi) is 7.11. The number of nitrogens with zero attached hydrogens (tertiary/aromatic N) is 1. The van der Waals surface area contributed by atoms with Crippen LogP contribution in [0.25, 0.3) is 11.0 Å². The zero-order valence-electron chi connectivity index (χ0n) is 17.0. The number of ether oxygens (including phenoxy) is 2. The van der Waals surface area contributed by atoms with Crippen molar-refractivity contribution in [3.63, 3.8) is 0 Å². The third-order valence-corrected chi connectivity index (χ3v) is 5.85. The van der Waals surface area contributed by atoms with Crippen molar-refractivity contribution in [2.24, 2.45) is 5.10 Å². The maximum atomic E-state index is 12.4. The van der Waals surface area contributed by atoms with Gasteiger partial charge in [0.15, 0.2) is 17.3 Å². The topological polar surface area (TPSA) is 73.1 Å². The minimum Gasteiger partial charge on any atom is -0.493 e. The first-order valence-corrected chi connectivity index (χ1v) is 11.5. The van der Waals surface area contributed by atoms with Crippen molar-refractivity contribution in [3.8, 4) is 11.5 Å². The maximum absolute atomic E-state index is 12.4. The summed E-state index contributed by atoms with van der Waals surface area (Å²) in [7, 11) is 1.59. The summed E-state index contributed by atoms with van der Waals surface area (Å²) in [6.07, 6.45) is 1.54. The van der Waals surface area contributed by atoms with Crippen molar-refractivity contribution in [1.82, 2.24) is 5.43 Å². The standard InChI is InChI=1S/C24H18BrIN2O4/c1-30-21-10-16(9-19(26)23(21)31-14-15-5-3-2-4-6-15)13-27-28-24(29)22-12-17-11-18(25)7-8-20(17)32-22/h2-13H,14H2,1H3,(H,28,29)/b27-13+. The largest absolute Gasteiger partial charge is 0.493 e. The quantitative estimate of drug-likeness (QED) is 0.156. The number of hydrogen-bond donors (Lipinski definition) is 1. The van der Waals surface area contributed by atoms with E-state index in [1.807, 2.05) is 48.5 Å². The van der Waals surface area contributed by atoms with Crippen LogP contribution >= 0.6 is 38.5 Å². The lowest BCUT2D eigenvalue weighted by atomic mass is 10.2. The fraction of sp³-hybridized carbons (Fsp3) is 0.0833. The Morgan fingerprint density at radius 1 is 1.16 bits per heavy atom. The number of rotatable bonds is 7. The van der Waals surface area contributed by atoms with Gasteiger partial charge in [0.05, 0.1) is 16.9 Å². The fourth-order valence-electron chi connectivity index (χ4n) is 3.03. The molecule has 0 spiro atoms. The van der Waals surface area contributed by atoms with Crippen LogP contribution in [-0.4, -0.2) is 19.2 Å². The molecule has 0 aliphatic carbocycles. The summed E-state index contributed by atoms with van der Waals surface area (Å²) in [6, 6.07) is 20.8. The van der Waals surface area contributed by atoms with E-state index in [9.17, 15) is 4.79 Å². The number of methoxy groups -OCH3 is 1. The van der Waals surface area contributed by atoms with Gasteiger partial charge in [-0.15, -0.1) is 0 Å². The predicted molar refractivity (Wildman–Crippen MR) is 135 cm³/mol. The Bertz CT molecular complexity index is 1290. The number of halogens is 2. The molecule has 0 atom stereocenters. The molecule has 0 aliphatic heterocycles. The number of nitrogens with one attached hydrogen (secondary N) is 1. The molecule has 0 aliphatic rings. The molecule has 1 amide bonds. The molecule has 4 aromatic rings. The number of hydrogen-bond acceptors (Lipinski definition) is 5. The molecule has 32 heavy (non-hydrogen) atoms. The highest BCUT2D eigenvalue weighted by Gasteiger charge is 2.13. The van der Waals surface area contributed by atoms with E-state index in [-0.39, 0.29) is 5.76 Å². The van der Waals surface area contributed by atoms with E-state index >= 15 is 0 Å². The van der Waals surface area contributed by atoms with E-state index in [1.165, 1.54) is 0 Å². The molecule has 162 valence electrons. The van der Waals surface area contributed by atoms with Gasteiger partial charge < -0.3 is 13.9 Å². The van der Waals surface area contributed by atoms with Gasteiger partial charge in [0.1, 0.15) is 12.2 Å². The molecule has 0 bridgehead atoms. The first-order valence-electron chi connectivity index (χ1n) is 9.60. The highest BCUT2D eigenvalue weighted by atomic mass is 127. The van der Waals surface area contributed by atoms with E-state index in [0.29, 0.717) is 23.7 Å². The number of amides is 1. The second-order valence-corrected chi connectivity index (χ2v) is 8.88. The van der Waals surface area contributed by atoms with Crippen LogP contribution in [0.2, 0.25) is 0 Å². The Morgan fingerprint density at radius 2 is 1.97 bits per heavy atom. The lowest BCUT2D eigenvalue weighted by Crippen LogP contribution is -2.16. The van der Waals surface area contributed by atoms with Crippen molar-refractivity contribution < 1.29 is 18.7 Å². The maximum Gasteiger partial charge on any atom is 0.307 e. The predicted octanol–water partition coefficient (Wildman–Crippen LogP) is 6.15. The first-order chi connectivity index (χ1) is 15.5. The number of carbonyl (C=O) groups excluding carboxylic acids is 1. The second-order valence-electron chi connectivity index (χ2n) is 6.80. The summed E-state index contributed by atoms with van der Waals surface area (Å²) in [5, 5.41) is 4.88. The molecule has 0 fully saturated rings. The van der Waals surface area contributed by atoms with Gasteiger partial charge in [0.2, 0.25) is 0 Å². The van der Waals surface area contributed by atoms with Crippen LogP contribution in [0.1, 0.15) is 21.7 Å². The summed E-state index contributed by atoms with van der Waals surface area (Å²) in [5.74, 6) is 1.00. The summed E-state index contributed by atoms with van der Waals surface area (Å²) in [6.45, 7) is 0.435. The molecule has 3 aromatic carbocycles. The van der Waals surface area contributed by atoms with Gasteiger partial charge in [-0.2, -0.15) is 5.10 Å². The minimum atomic E-state index is -0.432. The summed E-state index contributed by atoms with van der Waals surface area (Å²) >= 11 is 5.59. The van der Waals surface area contributed by atoms with Crippen molar-refractivity contribution >= 4 is 61.6 Å². The number of benzene rings is 3. The number of carbonyl (C=O) groups is 1. The van der Waals surface area contributed by atoms with Gasteiger partial charge in [-0.3, -0.25) is 4.79 Å². The van der Waals surface area contributed by atoms with Gasteiger partial charge in [-0.05, 0) is 70.1 Å². The van der Waals surface area contributed by atoms with E-state index in [2.05, 4.69) is 49.0 Å². The van der Waals surface area contributed by atoms with Crippen LogP contribution in [0.4, 0.5) is 0 Å². The van der Waals surface area contributed by atoms with Crippen molar-refractivity contribution in [3.05, 3.63) is 91.7 Å². The van der Waals surface area contributed by atoms with E-state index in [4.69, 9.17) is 13.9 Å². The molecular formula is C24H18BrIN2O4. The average molecular weight is 605 g/mol. The molecule has 0 saturated carbocycles. The summed E-state index contributed by atoms with van der Waals surface area (Å²) in [4.78, 5) is 12.4. The number of hydrazone groups is 1. The highest BCUT2D eigenvalue weighted by molar-refractivity contribution is 14.1. The monoisotopic (exact) mass is 604 g/mol. The molecule has 1 aromatic heterocycles. The average Bonchev–Trinajstić information content (AvgIpc) is 3.22. The Morgan fingerprint density at radius 3 is 2.75 bits per heavy atom. The number of fused-ring (bicyclic) bond motifs is 1. The molecule has 6 nitrogen and oxygen atoms in total. The summed E-state index contributed by atoms with van der Waals surface area (Å²) in [5.41, 5.74) is 4.95. The number of furan rings is 1. The van der Waals surface area contributed by atoms with Gasteiger partial charge in [0.25, 0.3) is 0 Å². The Balaban J connectivity index is 1.44. The van der Waals surface area contributed by atoms with Crippen molar-refractivity contribution in [1.29, 1.82) is 0 Å². The van der Waals surface area contributed by atoms with E-state index in [1.54, 1.807) is 31.5 Å². The molecule has 0 saturated heterocycles. The van der Waals surface area contributed by atoms with Gasteiger partial charge in [0, 0.05) is 9.86 Å². The highest BCUT2D eigenvalue weighted by Crippen LogP contribution is 2.34. The van der Waals surface area contributed by atoms with E-state index in [0.717, 1.165) is 24.6 Å². The fourth-order valence-corrected chi connectivity index (χ4v) is 4.19. The molecule has 0 radical (unpaired) electrons. The first kappa shape index (κ1) is 22.3. The molecule has 1 heterocycles. The normalized spacial score (nSPS) is 11.1. The Labute approximate surface area is 206 Å². The summed E-state index contributed by atoms with van der Waals surface area (Å²) < 4.78 is 18.8. The van der Waals surface area contributed by atoms with Crippen molar-refractivity contribution in [2.45, 2.75) is 6.61 Å². The molecule has 1 N–H and O–H groups in total. The molecule has 0 unspecified atom stereocenters. The SMILES string of the molecule is COc1cc(/C=N/NC(=O)c2cc3cc(Br)ccc3o2)cc(I)c1OCc1ccccc1. The molecular weight excluding hydrogens is 587 g/mol. The third kappa shape index (κ3) is 5.31. The molecule has 4 rings (SSSR count). The van der Waals surface area contributed by atoms with Crippen LogP contribution in [0, 0.1) is 3.57 Å². The van der Waals surface area contributed by atoms with Crippen LogP contribution in [0.15, 0.2) is 80.7 Å². The lowest BCUT2D eigenvalue weighted by Gasteiger charge is -2.13. The van der Waals surface area contributed by atoms with Crippen LogP contribution in [-0.2, 0) is 6.61 Å². The van der Waals surface area contributed by atoms with Gasteiger partial charge >= 0.3 is 5.91 Å². The lowest BCUT2D eigenvalue weighted by molar-refractivity contribution is 0.0929.